The first-order valence-electron chi connectivity index (χ1n) is 8.24. The number of para-hydroxylation sites is 1. The Labute approximate surface area is 136 Å². The van der Waals surface area contributed by atoms with Crippen LogP contribution in [0.25, 0.3) is 0 Å². The first-order chi connectivity index (χ1) is 11.3. The Hall–Kier alpha value is -2.14. The Bertz CT molecular complexity index is 704. The van der Waals surface area contributed by atoms with Crippen LogP contribution in [-0.2, 0) is 13.0 Å². The third-order valence-electron chi connectivity index (χ3n) is 4.79. The molecule has 2 aliphatic heterocycles. The molecule has 2 aromatic rings. The number of aliphatic hydroxyl groups excluding tert-OH is 1. The van der Waals surface area contributed by atoms with Crippen LogP contribution in [0.5, 0.6) is 5.75 Å². The van der Waals surface area contributed by atoms with Gasteiger partial charge in [-0.25, -0.2) is 9.97 Å². The van der Waals surface area contributed by atoms with Crippen LogP contribution in [0, 0.1) is 5.92 Å². The number of piperidine rings is 1. The molecule has 0 spiro atoms. The predicted molar refractivity (Wildman–Crippen MR) is 87.6 cm³/mol. The summed E-state index contributed by atoms with van der Waals surface area (Å²) < 4.78 is 5.91. The van der Waals surface area contributed by atoms with Gasteiger partial charge in [0.15, 0.2) is 0 Å². The molecule has 0 radical (unpaired) electrons. The van der Waals surface area contributed by atoms with Crippen molar-refractivity contribution in [1.82, 2.24) is 9.97 Å². The fraction of sp³-hybridized carbons (Fsp3) is 0.444. The molecule has 23 heavy (non-hydrogen) atoms. The first kappa shape index (κ1) is 14.5. The molecule has 2 aliphatic rings. The van der Waals surface area contributed by atoms with Crippen LogP contribution in [0.2, 0.25) is 0 Å². The third-order valence-corrected chi connectivity index (χ3v) is 4.79. The highest BCUT2D eigenvalue weighted by Crippen LogP contribution is 2.32. The molecule has 0 unspecified atom stereocenters. The van der Waals surface area contributed by atoms with Crippen molar-refractivity contribution in [3.05, 3.63) is 47.4 Å². The van der Waals surface area contributed by atoms with Gasteiger partial charge in [0, 0.05) is 31.7 Å². The zero-order valence-corrected chi connectivity index (χ0v) is 13.1. The second-order valence-electron chi connectivity index (χ2n) is 6.33. The first-order valence-corrected chi connectivity index (χ1v) is 8.24. The van der Waals surface area contributed by atoms with Crippen molar-refractivity contribution in [2.45, 2.75) is 25.9 Å². The number of aromatic nitrogens is 2. The standard InChI is InChI=1S/C18H21N3O2/c22-10-13-4-3-7-21(9-13)18-15-8-14-5-1-2-6-17(14)23-11-16(15)19-12-20-18/h1-2,5-6,12-13,22H,3-4,7-11H2/t13-/m0/s1. The summed E-state index contributed by atoms with van der Waals surface area (Å²) in [6.45, 7) is 2.58. The van der Waals surface area contributed by atoms with E-state index in [0.717, 1.165) is 55.2 Å². The van der Waals surface area contributed by atoms with E-state index in [9.17, 15) is 5.11 Å². The zero-order valence-electron chi connectivity index (χ0n) is 13.1. The summed E-state index contributed by atoms with van der Waals surface area (Å²) in [6.07, 6.45) is 4.61. The fourth-order valence-corrected chi connectivity index (χ4v) is 3.55. The van der Waals surface area contributed by atoms with Gasteiger partial charge >= 0.3 is 0 Å². The summed E-state index contributed by atoms with van der Waals surface area (Å²) in [4.78, 5) is 11.3. The smallest absolute Gasteiger partial charge is 0.135 e. The lowest BCUT2D eigenvalue weighted by atomic mass is 9.97. The average Bonchev–Trinajstić information content (AvgIpc) is 2.81. The minimum absolute atomic E-state index is 0.246. The van der Waals surface area contributed by atoms with E-state index in [1.165, 1.54) is 5.56 Å². The Kier molecular flexibility index (Phi) is 3.87. The highest BCUT2D eigenvalue weighted by molar-refractivity contribution is 5.53. The van der Waals surface area contributed by atoms with Gasteiger partial charge in [-0.2, -0.15) is 0 Å². The number of aliphatic hydroxyl groups is 1. The molecule has 5 nitrogen and oxygen atoms in total. The summed E-state index contributed by atoms with van der Waals surface area (Å²) in [7, 11) is 0. The van der Waals surface area contributed by atoms with E-state index < -0.39 is 0 Å². The molecule has 4 rings (SSSR count). The number of anilines is 1. The lowest BCUT2D eigenvalue weighted by molar-refractivity contribution is 0.208. The second-order valence-corrected chi connectivity index (χ2v) is 6.33. The molecule has 1 fully saturated rings. The van der Waals surface area contributed by atoms with E-state index in [1.807, 2.05) is 18.2 Å². The van der Waals surface area contributed by atoms with Gasteiger partial charge in [-0.1, -0.05) is 18.2 Å². The highest BCUT2D eigenvalue weighted by atomic mass is 16.5. The molecule has 1 N–H and O–H groups in total. The van der Waals surface area contributed by atoms with Crippen LogP contribution >= 0.6 is 0 Å². The Morgan fingerprint density at radius 1 is 1.26 bits per heavy atom. The number of hydrogen-bond acceptors (Lipinski definition) is 5. The zero-order chi connectivity index (χ0) is 15.6. The summed E-state index contributed by atoms with van der Waals surface area (Å²) in [5.74, 6) is 2.28. The molecule has 120 valence electrons. The largest absolute Gasteiger partial charge is 0.487 e. The SMILES string of the molecule is OC[C@H]1CCCN(c2ncnc3c2Cc2ccccc2OC3)C1. The van der Waals surface area contributed by atoms with Gasteiger partial charge in [-0.05, 0) is 30.4 Å². The summed E-state index contributed by atoms with van der Waals surface area (Å²) in [5, 5.41) is 9.49. The van der Waals surface area contributed by atoms with Crippen molar-refractivity contribution in [3.8, 4) is 5.75 Å². The Morgan fingerprint density at radius 3 is 3.09 bits per heavy atom. The van der Waals surface area contributed by atoms with Gasteiger partial charge in [-0.3, -0.25) is 0 Å². The average molecular weight is 311 g/mol. The molecule has 1 aromatic heterocycles. The maximum atomic E-state index is 9.49. The summed E-state index contributed by atoms with van der Waals surface area (Å²) in [5.41, 5.74) is 3.31. The van der Waals surface area contributed by atoms with E-state index in [0.29, 0.717) is 12.5 Å². The van der Waals surface area contributed by atoms with Gasteiger partial charge in [0.05, 0.1) is 5.69 Å². The summed E-state index contributed by atoms with van der Waals surface area (Å²) >= 11 is 0. The summed E-state index contributed by atoms with van der Waals surface area (Å²) in [6, 6.07) is 8.15. The predicted octanol–water partition coefficient (Wildman–Crippen LogP) is 2.17. The molecule has 1 saturated heterocycles. The maximum absolute atomic E-state index is 9.49. The van der Waals surface area contributed by atoms with Crippen molar-refractivity contribution >= 4 is 5.82 Å². The van der Waals surface area contributed by atoms with Crippen LogP contribution in [0.3, 0.4) is 0 Å². The third kappa shape index (κ3) is 2.77. The molecule has 1 aromatic carbocycles. The van der Waals surface area contributed by atoms with Crippen molar-refractivity contribution in [2.24, 2.45) is 5.92 Å². The van der Waals surface area contributed by atoms with Crippen molar-refractivity contribution in [2.75, 3.05) is 24.6 Å². The maximum Gasteiger partial charge on any atom is 0.135 e. The number of nitrogens with zero attached hydrogens (tertiary/aromatic N) is 3. The van der Waals surface area contributed by atoms with Crippen LogP contribution in [-0.4, -0.2) is 34.8 Å². The fourth-order valence-electron chi connectivity index (χ4n) is 3.55. The molecule has 0 aliphatic carbocycles. The van der Waals surface area contributed by atoms with Gasteiger partial charge in [0.25, 0.3) is 0 Å². The number of rotatable bonds is 2. The van der Waals surface area contributed by atoms with Gasteiger partial charge < -0.3 is 14.7 Å². The number of ether oxygens (including phenoxy) is 1. The van der Waals surface area contributed by atoms with E-state index in [1.54, 1.807) is 6.33 Å². The van der Waals surface area contributed by atoms with Gasteiger partial charge in [-0.15, -0.1) is 0 Å². The van der Waals surface area contributed by atoms with Crippen LogP contribution < -0.4 is 9.64 Å². The van der Waals surface area contributed by atoms with Gasteiger partial charge in [0.1, 0.15) is 24.5 Å². The number of benzene rings is 1. The molecular formula is C18H21N3O2. The monoisotopic (exact) mass is 311 g/mol. The highest BCUT2D eigenvalue weighted by Gasteiger charge is 2.25. The molecule has 0 amide bonds. The number of hydrogen-bond donors (Lipinski definition) is 1. The minimum atomic E-state index is 0.246. The molecule has 3 heterocycles. The molecular weight excluding hydrogens is 290 g/mol. The molecule has 5 heteroatoms. The molecule has 0 bridgehead atoms. The quantitative estimate of drug-likeness (QED) is 0.921. The lowest BCUT2D eigenvalue weighted by Crippen LogP contribution is -2.38. The second kappa shape index (κ2) is 6.16. The number of fused-ring (bicyclic) bond motifs is 2. The Balaban J connectivity index is 1.71. The van der Waals surface area contributed by atoms with Crippen LogP contribution in [0.1, 0.15) is 29.7 Å². The van der Waals surface area contributed by atoms with Gasteiger partial charge in [0.2, 0.25) is 0 Å². The van der Waals surface area contributed by atoms with Crippen LogP contribution in [0.15, 0.2) is 30.6 Å². The molecule has 1 atom stereocenters. The Morgan fingerprint density at radius 2 is 2.17 bits per heavy atom. The normalized spacial score (nSPS) is 20.2. The molecule has 0 saturated carbocycles. The van der Waals surface area contributed by atoms with E-state index >= 15 is 0 Å². The van der Waals surface area contributed by atoms with E-state index in [4.69, 9.17) is 4.74 Å². The topological polar surface area (TPSA) is 58.5 Å². The lowest BCUT2D eigenvalue weighted by Gasteiger charge is -2.34. The minimum Gasteiger partial charge on any atom is -0.487 e. The van der Waals surface area contributed by atoms with E-state index in [-0.39, 0.29) is 6.61 Å². The van der Waals surface area contributed by atoms with Crippen molar-refractivity contribution in [1.29, 1.82) is 0 Å². The van der Waals surface area contributed by atoms with Crippen molar-refractivity contribution in [3.63, 3.8) is 0 Å². The van der Waals surface area contributed by atoms with E-state index in [2.05, 4.69) is 20.9 Å². The van der Waals surface area contributed by atoms with Crippen LogP contribution in [0.4, 0.5) is 5.82 Å². The van der Waals surface area contributed by atoms with Crippen molar-refractivity contribution < 1.29 is 9.84 Å².